The first-order chi connectivity index (χ1) is 14.2. The van der Waals surface area contributed by atoms with Crippen molar-refractivity contribution in [2.24, 2.45) is 7.05 Å². The third-order valence-corrected chi connectivity index (χ3v) is 5.10. The number of hydrogen-bond donors (Lipinski definition) is 1. The van der Waals surface area contributed by atoms with E-state index in [1.54, 1.807) is 16.6 Å². The SMILES string of the molecule is Cn1nc2c(c1C(=O)Nc1cccc3ccccc13)CN(C(=O)OC(C)(C)C)CC2. The van der Waals surface area contributed by atoms with E-state index < -0.39 is 5.60 Å². The highest BCUT2D eigenvalue weighted by Gasteiger charge is 2.31. The Morgan fingerprint density at radius 3 is 2.60 bits per heavy atom. The second-order valence-electron chi connectivity index (χ2n) is 8.53. The molecule has 156 valence electrons. The molecule has 0 unspecified atom stereocenters. The molecule has 0 radical (unpaired) electrons. The number of ether oxygens (including phenoxy) is 1. The lowest BCUT2D eigenvalue weighted by molar-refractivity contribution is 0.0222. The molecule has 7 heteroatoms. The summed E-state index contributed by atoms with van der Waals surface area (Å²) in [5.41, 5.74) is 2.26. The smallest absolute Gasteiger partial charge is 0.410 e. The van der Waals surface area contributed by atoms with Crippen molar-refractivity contribution in [1.29, 1.82) is 0 Å². The van der Waals surface area contributed by atoms with Crippen molar-refractivity contribution in [3.8, 4) is 0 Å². The van der Waals surface area contributed by atoms with Crippen LogP contribution in [0.25, 0.3) is 10.8 Å². The number of nitrogens with one attached hydrogen (secondary N) is 1. The number of fused-ring (bicyclic) bond motifs is 2. The zero-order chi connectivity index (χ0) is 21.5. The Morgan fingerprint density at radius 1 is 1.10 bits per heavy atom. The van der Waals surface area contributed by atoms with E-state index in [2.05, 4.69) is 10.4 Å². The Balaban J connectivity index is 1.61. The van der Waals surface area contributed by atoms with Crippen molar-refractivity contribution in [1.82, 2.24) is 14.7 Å². The van der Waals surface area contributed by atoms with Crippen LogP contribution in [0.15, 0.2) is 42.5 Å². The largest absolute Gasteiger partial charge is 0.444 e. The number of carbonyl (C=O) groups excluding carboxylic acids is 2. The minimum absolute atomic E-state index is 0.242. The normalized spacial score (nSPS) is 13.8. The molecular weight excluding hydrogens is 380 g/mol. The molecule has 3 aromatic rings. The highest BCUT2D eigenvalue weighted by Crippen LogP contribution is 2.27. The first kappa shape index (κ1) is 19.9. The Hall–Kier alpha value is -3.35. The zero-order valence-electron chi connectivity index (χ0n) is 17.7. The van der Waals surface area contributed by atoms with E-state index >= 15 is 0 Å². The van der Waals surface area contributed by atoms with Gasteiger partial charge in [0.1, 0.15) is 11.3 Å². The van der Waals surface area contributed by atoms with Gasteiger partial charge in [-0.25, -0.2) is 4.79 Å². The molecule has 1 aliphatic heterocycles. The molecule has 0 fully saturated rings. The summed E-state index contributed by atoms with van der Waals surface area (Å²) < 4.78 is 7.10. The van der Waals surface area contributed by atoms with Crippen molar-refractivity contribution >= 4 is 28.5 Å². The lowest BCUT2D eigenvalue weighted by atomic mass is 10.0. The van der Waals surface area contributed by atoms with Gasteiger partial charge in [-0.1, -0.05) is 36.4 Å². The summed E-state index contributed by atoms with van der Waals surface area (Å²) in [7, 11) is 1.76. The van der Waals surface area contributed by atoms with Crippen molar-refractivity contribution in [2.45, 2.75) is 39.3 Å². The molecule has 1 aromatic heterocycles. The van der Waals surface area contributed by atoms with Gasteiger partial charge in [0.25, 0.3) is 5.91 Å². The molecule has 0 bridgehead atoms. The number of amides is 2. The van der Waals surface area contributed by atoms with Gasteiger partial charge in [0, 0.05) is 36.7 Å². The number of benzene rings is 2. The number of carbonyl (C=O) groups is 2. The third kappa shape index (κ3) is 3.87. The van der Waals surface area contributed by atoms with Crippen molar-refractivity contribution in [2.75, 3.05) is 11.9 Å². The highest BCUT2D eigenvalue weighted by atomic mass is 16.6. The van der Waals surface area contributed by atoms with Crippen LogP contribution < -0.4 is 5.32 Å². The molecule has 2 amide bonds. The molecule has 1 N–H and O–H groups in total. The fourth-order valence-electron chi connectivity index (χ4n) is 3.78. The number of aromatic nitrogens is 2. The average molecular weight is 406 g/mol. The first-order valence-corrected chi connectivity index (χ1v) is 10.0. The van der Waals surface area contributed by atoms with Gasteiger partial charge in [0.2, 0.25) is 0 Å². The Bertz CT molecular complexity index is 1120. The van der Waals surface area contributed by atoms with E-state index in [0.717, 1.165) is 27.7 Å². The van der Waals surface area contributed by atoms with E-state index in [-0.39, 0.29) is 12.0 Å². The van der Waals surface area contributed by atoms with Crippen LogP contribution >= 0.6 is 0 Å². The van der Waals surface area contributed by atoms with Crippen LogP contribution in [0.4, 0.5) is 10.5 Å². The Morgan fingerprint density at radius 2 is 1.83 bits per heavy atom. The number of nitrogens with zero attached hydrogens (tertiary/aromatic N) is 3. The highest BCUT2D eigenvalue weighted by molar-refractivity contribution is 6.09. The fourth-order valence-corrected chi connectivity index (χ4v) is 3.78. The van der Waals surface area contributed by atoms with Gasteiger partial charge in [-0.15, -0.1) is 0 Å². The zero-order valence-corrected chi connectivity index (χ0v) is 17.7. The van der Waals surface area contributed by atoms with Crippen LogP contribution in [0.5, 0.6) is 0 Å². The van der Waals surface area contributed by atoms with Crippen LogP contribution in [-0.4, -0.2) is 38.8 Å². The van der Waals surface area contributed by atoms with E-state index in [1.807, 2.05) is 63.2 Å². The van der Waals surface area contributed by atoms with Gasteiger partial charge in [-0.2, -0.15) is 5.10 Å². The van der Waals surface area contributed by atoms with E-state index in [9.17, 15) is 9.59 Å². The Labute approximate surface area is 175 Å². The lowest BCUT2D eigenvalue weighted by Gasteiger charge is -2.29. The maximum atomic E-state index is 13.2. The van der Waals surface area contributed by atoms with Crippen LogP contribution in [0.1, 0.15) is 42.5 Å². The number of rotatable bonds is 2. The monoisotopic (exact) mass is 406 g/mol. The summed E-state index contributed by atoms with van der Waals surface area (Å²) in [6.07, 6.45) is 0.210. The third-order valence-electron chi connectivity index (χ3n) is 5.10. The standard InChI is InChI=1S/C23H26N4O3/c1-23(2,3)30-22(29)27-13-12-19-17(14-27)20(26(4)25-19)21(28)24-18-11-7-9-15-8-5-6-10-16(15)18/h5-11H,12-14H2,1-4H3,(H,24,28). The molecule has 30 heavy (non-hydrogen) atoms. The lowest BCUT2D eigenvalue weighted by Crippen LogP contribution is -2.40. The second kappa shape index (κ2) is 7.48. The average Bonchev–Trinajstić information content (AvgIpc) is 3.02. The summed E-state index contributed by atoms with van der Waals surface area (Å²) in [6.45, 7) is 6.34. The molecule has 0 atom stereocenters. The number of anilines is 1. The quantitative estimate of drug-likeness (QED) is 0.695. The van der Waals surface area contributed by atoms with Gasteiger partial charge in [0.15, 0.2) is 0 Å². The van der Waals surface area contributed by atoms with Gasteiger partial charge < -0.3 is 15.0 Å². The molecule has 7 nitrogen and oxygen atoms in total. The molecular formula is C23H26N4O3. The van der Waals surface area contributed by atoms with Gasteiger partial charge >= 0.3 is 6.09 Å². The Kier molecular flexibility index (Phi) is 4.97. The fraction of sp³-hybridized carbons (Fsp3) is 0.348. The predicted molar refractivity (Wildman–Crippen MR) is 115 cm³/mol. The minimum Gasteiger partial charge on any atom is -0.444 e. The minimum atomic E-state index is -0.569. The van der Waals surface area contributed by atoms with Gasteiger partial charge in [0.05, 0.1) is 12.2 Å². The van der Waals surface area contributed by atoms with Crippen LogP contribution in [0, 0.1) is 0 Å². The molecule has 0 saturated heterocycles. The van der Waals surface area contributed by atoms with Crippen LogP contribution in [0.3, 0.4) is 0 Å². The van der Waals surface area contributed by atoms with E-state index in [0.29, 0.717) is 25.2 Å². The summed E-state index contributed by atoms with van der Waals surface area (Å²) in [4.78, 5) is 27.4. The van der Waals surface area contributed by atoms with E-state index in [1.165, 1.54) is 0 Å². The van der Waals surface area contributed by atoms with Gasteiger partial charge in [-0.05, 0) is 32.2 Å². The summed E-state index contributed by atoms with van der Waals surface area (Å²) in [5, 5.41) is 9.57. The summed E-state index contributed by atoms with van der Waals surface area (Å²) in [5.74, 6) is -0.242. The summed E-state index contributed by atoms with van der Waals surface area (Å²) in [6, 6.07) is 13.7. The molecule has 4 rings (SSSR count). The molecule has 0 aliphatic carbocycles. The molecule has 0 spiro atoms. The van der Waals surface area contributed by atoms with Crippen molar-refractivity contribution < 1.29 is 14.3 Å². The first-order valence-electron chi connectivity index (χ1n) is 10.0. The maximum absolute atomic E-state index is 13.2. The van der Waals surface area contributed by atoms with Crippen LogP contribution in [0.2, 0.25) is 0 Å². The van der Waals surface area contributed by atoms with Crippen molar-refractivity contribution in [3.63, 3.8) is 0 Å². The molecule has 2 heterocycles. The second-order valence-corrected chi connectivity index (χ2v) is 8.53. The molecule has 1 aliphatic rings. The summed E-state index contributed by atoms with van der Waals surface area (Å²) >= 11 is 0. The molecule has 2 aromatic carbocycles. The predicted octanol–water partition coefficient (Wildman–Crippen LogP) is 4.12. The maximum Gasteiger partial charge on any atom is 0.410 e. The number of aryl methyl sites for hydroxylation is 1. The van der Waals surface area contributed by atoms with Gasteiger partial charge in [-0.3, -0.25) is 9.48 Å². The van der Waals surface area contributed by atoms with E-state index in [4.69, 9.17) is 4.74 Å². The topological polar surface area (TPSA) is 76.5 Å². The van der Waals surface area contributed by atoms with Crippen LogP contribution in [-0.2, 0) is 24.8 Å². The van der Waals surface area contributed by atoms with Crippen molar-refractivity contribution in [3.05, 3.63) is 59.4 Å². The number of hydrogen-bond acceptors (Lipinski definition) is 4. The molecule has 0 saturated carbocycles.